The first-order chi connectivity index (χ1) is 11.0. The molecule has 2 fully saturated rings. The van der Waals surface area contributed by atoms with Crippen LogP contribution in [-0.2, 0) is 16.4 Å². The van der Waals surface area contributed by atoms with Crippen molar-refractivity contribution in [3.05, 3.63) is 23.9 Å². The van der Waals surface area contributed by atoms with Gasteiger partial charge in [-0.3, -0.25) is 0 Å². The molecular weight excluding hydrogens is 316 g/mol. The summed E-state index contributed by atoms with van der Waals surface area (Å²) in [6.45, 7) is 2.45. The van der Waals surface area contributed by atoms with Gasteiger partial charge in [0.1, 0.15) is 5.82 Å². The number of nitrogens with zero attached hydrogens (tertiary/aromatic N) is 2. The van der Waals surface area contributed by atoms with Crippen molar-refractivity contribution in [3.63, 3.8) is 0 Å². The number of hydrogen-bond acceptors (Lipinski definition) is 5. The van der Waals surface area contributed by atoms with Crippen LogP contribution in [0.5, 0.6) is 0 Å². The Morgan fingerprint density at radius 1 is 1.35 bits per heavy atom. The number of aromatic nitrogens is 1. The molecule has 0 aliphatic carbocycles. The molecule has 0 bridgehead atoms. The molecule has 126 valence electrons. The summed E-state index contributed by atoms with van der Waals surface area (Å²) >= 11 is 0. The van der Waals surface area contributed by atoms with Crippen LogP contribution in [0.4, 0.5) is 10.6 Å². The van der Waals surface area contributed by atoms with Gasteiger partial charge in [-0.25, -0.2) is 18.2 Å². The highest BCUT2D eigenvalue weighted by Crippen LogP contribution is 2.18. The number of amides is 2. The van der Waals surface area contributed by atoms with Crippen LogP contribution in [0.3, 0.4) is 0 Å². The summed E-state index contributed by atoms with van der Waals surface area (Å²) in [5.74, 6) is 1.14. The zero-order valence-electron chi connectivity index (χ0n) is 13.0. The third kappa shape index (κ3) is 4.34. The fraction of sp³-hybridized carbons (Fsp3) is 0.600. The number of urea groups is 1. The second kappa shape index (κ2) is 6.74. The van der Waals surface area contributed by atoms with Crippen molar-refractivity contribution in [2.24, 2.45) is 0 Å². The molecule has 3 heterocycles. The first-order valence-electron chi connectivity index (χ1n) is 7.96. The number of pyridine rings is 1. The van der Waals surface area contributed by atoms with Crippen molar-refractivity contribution in [1.82, 2.24) is 15.6 Å². The largest absolute Gasteiger partial charge is 0.357 e. The smallest absolute Gasteiger partial charge is 0.315 e. The molecule has 23 heavy (non-hydrogen) atoms. The van der Waals surface area contributed by atoms with E-state index in [0.717, 1.165) is 24.5 Å². The zero-order chi connectivity index (χ0) is 16.3. The average Bonchev–Trinajstić information content (AvgIpc) is 3.15. The number of sulfone groups is 1. The van der Waals surface area contributed by atoms with Crippen LogP contribution in [-0.4, -0.2) is 50.1 Å². The Labute approximate surface area is 136 Å². The molecule has 2 saturated heterocycles. The topological polar surface area (TPSA) is 91.4 Å². The monoisotopic (exact) mass is 338 g/mol. The summed E-state index contributed by atoms with van der Waals surface area (Å²) in [6.07, 6.45) is 4.63. The van der Waals surface area contributed by atoms with E-state index in [1.54, 1.807) is 6.20 Å². The predicted octanol–water partition coefficient (Wildman–Crippen LogP) is 0.668. The van der Waals surface area contributed by atoms with Crippen molar-refractivity contribution < 1.29 is 13.2 Å². The lowest BCUT2D eigenvalue weighted by atomic mass is 10.2. The van der Waals surface area contributed by atoms with Gasteiger partial charge in [0.15, 0.2) is 9.84 Å². The fourth-order valence-corrected chi connectivity index (χ4v) is 4.69. The van der Waals surface area contributed by atoms with Gasteiger partial charge < -0.3 is 15.5 Å². The summed E-state index contributed by atoms with van der Waals surface area (Å²) in [4.78, 5) is 18.5. The van der Waals surface area contributed by atoms with E-state index in [4.69, 9.17) is 0 Å². The van der Waals surface area contributed by atoms with E-state index in [2.05, 4.69) is 20.5 Å². The molecule has 2 N–H and O–H groups in total. The molecule has 1 unspecified atom stereocenters. The minimum atomic E-state index is -2.98. The lowest BCUT2D eigenvalue weighted by Gasteiger charge is -2.17. The third-order valence-corrected chi connectivity index (χ3v) is 6.03. The number of carbonyl (C=O) groups is 1. The van der Waals surface area contributed by atoms with Gasteiger partial charge in [-0.05, 0) is 37.0 Å². The van der Waals surface area contributed by atoms with Gasteiger partial charge in [0.2, 0.25) is 0 Å². The van der Waals surface area contributed by atoms with Crippen LogP contribution in [0, 0.1) is 0 Å². The van der Waals surface area contributed by atoms with Crippen LogP contribution >= 0.6 is 0 Å². The molecule has 1 atom stereocenters. The van der Waals surface area contributed by atoms with Crippen LogP contribution in [0.1, 0.15) is 24.8 Å². The number of rotatable bonds is 4. The lowest BCUT2D eigenvalue weighted by molar-refractivity contribution is 0.237. The maximum atomic E-state index is 11.9. The van der Waals surface area contributed by atoms with Crippen LogP contribution in [0.2, 0.25) is 0 Å². The van der Waals surface area contributed by atoms with Crippen LogP contribution in [0.25, 0.3) is 0 Å². The number of carbonyl (C=O) groups excluding carboxylic acids is 1. The Kier molecular flexibility index (Phi) is 4.70. The summed E-state index contributed by atoms with van der Waals surface area (Å²) in [5.41, 5.74) is 0.982. The Hall–Kier alpha value is -1.83. The second-order valence-electron chi connectivity index (χ2n) is 6.14. The molecular formula is C15H22N4O3S. The van der Waals surface area contributed by atoms with Crippen molar-refractivity contribution >= 4 is 21.7 Å². The lowest BCUT2D eigenvalue weighted by Crippen LogP contribution is -2.42. The average molecular weight is 338 g/mol. The van der Waals surface area contributed by atoms with Gasteiger partial charge in [-0.15, -0.1) is 0 Å². The molecule has 1 aromatic heterocycles. The van der Waals surface area contributed by atoms with Gasteiger partial charge in [-0.1, -0.05) is 0 Å². The summed E-state index contributed by atoms with van der Waals surface area (Å²) < 4.78 is 22.8. The van der Waals surface area contributed by atoms with Crippen molar-refractivity contribution in [2.45, 2.75) is 31.8 Å². The first kappa shape index (κ1) is 16.0. The fourth-order valence-electron chi connectivity index (χ4n) is 3.02. The zero-order valence-corrected chi connectivity index (χ0v) is 13.8. The maximum Gasteiger partial charge on any atom is 0.315 e. The van der Waals surface area contributed by atoms with Crippen LogP contribution < -0.4 is 15.5 Å². The van der Waals surface area contributed by atoms with E-state index in [1.807, 2.05) is 12.1 Å². The molecule has 0 radical (unpaired) electrons. The number of nitrogens with one attached hydrogen (secondary N) is 2. The van der Waals surface area contributed by atoms with E-state index in [-0.39, 0.29) is 23.6 Å². The van der Waals surface area contributed by atoms with E-state index in [1.165, 1.54) is 12.8 Å². The Morgan fingerprint density at radius 2 is 2.13 bits per heavy atom. The minimum absolute atomic E-state index is 0.0365. The standard InChI is InChI=1S/C15H22N4O3S/c20-15(18-13-4-8-23(21,22)11-13)17-10-12-3-5-16-14(9-12)19-6-1-2-7-19/h3,5,9,13H,1-2,4,6-8,10-11H2,(H2,17,18,20). The molecule has 2 aliphatic heterocycles. The Balaban J connectivity index is 1.50. The normalized spacial score (nSPS) is 23.0. The number of hydrogen-bond donors (Lipinski definition) is 2. The predicted molar refractivity (Wildman–Crippen MR) is 88.1 cm³/mol. The highest BCUT2D eigenvalue weighted by atomic mass is 32.2. The summed E-state index contributed by atoms with van der Waals surface area (Å²) in [5, 5.41) is 5.50. The van der Waals surface area contributed by atoms with Gasteiger partial charge >= 0.3 is 6.03 Å². The van der Waals surface area contributed by atoms with Gasteiger partial charge in [0, 0.05) is 31.9 Å². The minimum Gasteiger partial charge on any atom is -0.357 e. The molecule has 0 spiro atoms. The molecule has 2 aliphatic rings. The highest BCUT2D eigenvalue weighted by molar-refractivity contribution is 7.91. The number of anilines is 1. The van der Waals surface area contributed by atoms with Gasteiger partial charge in [0.05, 0.1) is 11.5 Å². The van der Waals surface area contributed by atoms with Crippen LogP contribution in [0.15, 0.2) is 18.3 Å². The van der Waals surface area contributed by atoms with Gasteiger partial charge in [-0.2, -0.15) is 0 Å². The van der Waals surface area contributed by atoms with E-state index in [0.29, 0.717) is 13.0 Å². The van der Waals surface area contributed by atoms with E-state index < -0.39 is 9.84 Å². The molecule has 2 amide bonds. The van der Waals surface area contributed by atoms with Crippen molar-refractivity contribution in [3.8, 4) is 0 Å². The van der Waals surface area contributed by atoms with E-state index in [9.17, 15) is 13.2 Å². The summed E-state index contributed by atoms with van der Waals surface area (Å²) in [7, 11) is -2.98. The SMILES string of the molecule is O=C(NCc1ccnc(N2CCCC2)c1)NC1CCS(=O)(=O)C1. The van der Waals surface area contributed by atoms with Crippen molar-refractivity contribution in [2.75, 3.05) is 29.5 Å². The van der Waals surface area contributed by atoms with Crippen molar-refractivity contribution in [1.29, 1.82) is 0 Å². The maximum absolute atomic E-state index is 11.9. The molecule has 0 aromatic carbocycles. The summed E-state index contributed by atoms with van der Waals surface area (Å²) in [6, 6.07) is 3.26. The highest BCUT2D eigenvalue weighted by Gasteiger charge is 2.28. The Morgan fingerprint density at radius 3 is 2.83 bits per heavy atom. The molecule has 0 saturated carbocycles. The molecule has 8 heteroatoms. The second-order valence-corrected chi connectivity index (χ2v) is 8.37. The van der Waals surface area contributed by atoms with E-state index >= 15 is 0 Å². The first-order valence-corrected chi connectivity index (χ1v) is 9.79. The Bertz CT molecular complexity index is 671. The quantitative estimate of drug-likeness (QED) is 0.842. The van der Waals surface area contributed by atoms with Gasteiger partial charge in [0.25, 0.3) is 0 Å². The molecule has 3 rings (SSSR count). The third-order valence-electron chi connectivity index (χ3n) is 4.26. The molecule has 1 aromatic rings. The molecule has 7 nitrogen and oxygen atoms in total.